The predicted molar refractivity (Wildman–Crippen MR) is 184 cm³/mol. The monoisotopic (exact) mass is 666 g/mol. The molecule has 0 aliphatic carbocycles. The number of hydrogen-bond acceptors (Lipinski definition) is 7. The van der Waals surface area contributed by atoms with Crippen molar-refractivity contribution in [1.82, 2.24) is 30.1 Å². The largest absolute Gasteiger partial charge is 0.473 e. The van der Waals surface area contributed by atoms with Gasteiger partial charge in [0.15, 0.2) is 0 Å². The smallest absolute Gasteiger partial charge is 0.255 e. The average Bonchev–Trinajstić information content (AvgIpc) is 3.42. The lowest BCUT2D eigenvalue weighted by molar-refractivity contribution is -0.0591. The van der Waals surface area contributed by atoms with Gasteiger partial charge in [-0.1, -0.05) is 35.9 Å². The van der Waals surface area contributed by atoms with Crippen LogP contribution < -0.4 is 15.4 Å². The van der Waals surface area contributed by atoms with E-state index >= 15 is 0 Å². The molecule has 2 aromatic carbocycles. The second-order valence-electron chi connectivity index (χ2n) is 12.0. The number of amides is 1. The first kappa shape index (κ1) is 31.8. The van der Waals surface area contributed by atoms with E-state index in [4.69, 9.17) is 31.0 Å². The molecular formula is C37H36ClFN6O3. The molecule has 1 fully saturated rings. The molecule has 0 spiro atoms. The Labute approximate surface area is 283 Å². The fraction of sp³-hybridized carbons (Fsp3) is 0.270. The number of benzene rings is 2. The van der Waals surface area contributed by atoms with E-state index in [-0.39, 0.29) is 18.6 Å². The molecule has 1 amide bonds. The van der Waals surface area contributed by atoms with Gasteiger partial charge in [-0.05, 0) is 73.9 Å². The Hall–Kier alpha value is -4.77. The Morgan fingerprint density at radius 3 is 2.88 bits per heavy atom. The first-order chi connectivity index (χ1) is 23.4. The lowest BCUT2D eigenvalue weighted by Gasteiger charge is -2.29. The van der Waals surface area contributed by atoms with Gasteiger partial charge in [0.05, 0.1) is 35.9 Å². The summed E-state index contributed by atoms with van der Waals surface area (Å²) in [5.41, 5.74) is 6.38. The maximum absolute atomic E-state index is 14.2. The Balaban J connectivity index is 1.04. The lowest BCUT2D eigenvalue weighted by atomic mass is 10.0. The van der Waals surface area contributed by atoms with E-state index in [2.05, 4.69) is 26.2 Å². The maximum Gasteiger partial charge on any atom is 0.255 e. The molecule has 48 heavy (non-hydrogen) atoms. The second-order valence-corrected chi connectivity index (χ2v) is 12.4. The Morgan fingerprint density at radius 2 is 2.10 bits per heavy atom. The van der Waals surface area contributed by atoms with Gasteiger partial charge in [0.2, 0.25) is 5.88 Å². The highest BCUT2D eigenvalue weighted by atomic mass is 35.5. The lowest BCUT2D eigenvalue weighted by Crippen LogP contribution is -2.33. The number of dihydropyridines is 1. The van der Waals surface area contributed by atoms with Crippen molar-refractivity contribution in [1.29, 1.82) is 0 Å². The number of halogens is 2. The number of pyridine rings is 1. The fourth-order valence-corrected chi connectivity index (χ4v) is 6.12. The van der Waals surface area contributed by atoms with Gasteiger partial charge in [0, 0.05) is 59.5 Å². The molecular weight excluding hydrogens is 631 g/mol. The highest BCUT2D eigenvalue weighted by Crippen LogP contribution is 2.27. The van der Waals surface area contributed by atoms with Gasteiger partial charge < -0.3 is 24.7 Å². The van der Waals surface area contributed by atoms with Crippen LogP contribution in [0, 0.1) is 5.82 Å². The van der Waals surface area contributed by atoms with E-state index < -0.39 is 5.82 Å². The van der Waals surface area contributed by atoms with Gasteiger partial charge in [-0.3, -0.25) is 9.69 Å². The van der Waals surface area contributed by atoms with Crippen molar-refractivity contribution in [2.75, 3.05) is 19.7 Å². The highest BCUT2D eigenvalue weighted by molar-refractivity contribution is 6.30. The number of nitrogens with zero attached hydrogens (tertiary/aromatic N) is 4. The molecule has 0 radical (unpaired) electrons. The zero-order valence-electron chi connectivity index (χ0n) is 26.6. The molecule has 246 valence electrons. The van der Waals surface area contributed by atoms with Gasteiger partial charge >= 0.3 is 0 Å². The molecule has 2 aromatic heterocycles. The minimum absolute atomic E-state index is 0.0654. The summed E-state index contributed by atoms with van der Waals surface area (Å²) in [5.74, 6) is 0.800. The van der Waals surface area contributed by atoms with Crippen LogP contribution in [0.15, 0.2) is 96.5 Å². The van der Waals surface area contributed by atoms with Crippen LogP contribution >= 0.6 is 11.6 Å². The van der Waals surface area contributed by atoms with Crippen molar-refractivity contribution in [3.63, 3.8) is 0 Å². The summed E-state index contributed by atoms with van der Waals surface area (Å²) < 4.78 is 28.0. The van der Waals surface area contributed by atoms with Crippen LogP contribution in [0.25, 0.3) is 16.6 Å². The summed E-state index contributed by atoms with van der Waals surface area (Å²) in [6.07, 6.45) is 11.7. The minimum Gasteiger partial charge on any atom is -0.473 e. The minimum atomic E-state index is -0.403. The Kier molecular flexibility index (Phi) is 9.38. The number of aromatic nitrogens is 3. The molecule has 9 nitrogen and oxygen atoms in total. The molecule has 2 N–H and O–H groups in total. The first-order valence-corrected chi connectivity index (χ1v) is 16.5. The number of fused-ring (bicyclic) bond motifs is 1. The molecule has 5 heterocycles. The summed E-state index contributed by atoms with van der Waals surface area (Å²) in [5, 5.41) is 6.47. The SMILES string of the molecule is C/C=C1/C=C(NC(=O)c2ccc3c(c2)nc(CN2CC=C(c4cccc(OCc5ccc(Cl)cc5F)n4)CC2)n3CC2CCO2)C=CN1. The van der Waals surface area contributed by atoms with E-state index in [0.717, 1.165) is 78.6 Å². The molecule has 7 rings (SSSR count). The van der Waals surface area contributed by atoms with Crippen LogP contribution in [0.2, 0.25) is 5.02 Å². The van der Waals surface area contributed by atoms with E-state index in [0.29, 0.717) is 28.6 Å². The van der Waals surface area contributed by atoms with Crippen molar-refractivity contribution < 1.29 is 18.7 Å². The number of nitrogens with one attached hydrogen (secondary N) is 2. The van der Waals surface area contributed by atoms with Crippen molar-refractivity contribution in [3.8, 4) is 5.88 Å². The predicted octanol–water partition coefficient (Wildman–Crippen LogP) is 6.52. The van der Waals surface area contributed by atoms with Crippen LogP contribution in [-0.2, 0) is 24.4 Å². The maximum atomic E-state index is 14.2. The zero-order valence-corrected chi connectivity index (χ0v) is 27.3. The standard InChI is InChI=1S/C37H36ClFN6O3/c1-2-28-20-29(10-14-40-28)41-37(46)25-7-9-34-33(18-25)42-35(45(34)21-30-13-17-47-30)22-44-15-11-24(12-16-44)32-4-3-5-36(43-32)48-23-26-6-8-27(38)19-31(26)39/h2-11,14,18-20,30,40H,12-13,15-17,21-23H2,1H3,(H,41,46)/b28-2-. The van der Waals surface area contributed by atoms with E-state index in [1.165, 1.54) is 6.07 Å². The molecule has 1 saturated heterocycles. The molecule has 0 bridgehead atoms. The molecule has 3 aliphatic rings. The number of carbonyl (C=O) groups is 1. The average molecular weight is 667 g/mol. The number of carbonyl (C=O) groups excluding carboxylic acids is 1. The molecule has 1 atom stereocenters. The number of ether oxygens (including phenoxy) is 2. The van der Waals surface area contributed by atoms with E-state index in [9.17, 15) is 9.18 Å². The number of imidazole rings is 1. The van der Waals surface area contributed by atoms with E-state index in [1.807, 2.05) is 55.5 Å². The Bertz CT molecular complexity index is 1980. The molecule has 4 aromatic rings. The van der Waals surface area contributed by atoms with E-state index in [1.54, 1.807) is 24.4 Å². The molecule has 3 aliphatic heterocycles. The fourth-order valence-electron chi connectivity index (χ4n) is 5.96. The molecule has 11 heteroatoms. The van der Waals surface area contributed by atoms with Gasteiger partial charge in [-0.25, -0.2) is 14.4 Å². The van der Waals surface area contributed by atoms with Crippen molar-refractivity contribution in [2.45, 2.75) is 45.6 Å². The van der Waals surface area contributed by atoms with Crippen molar-refractivity contribution >= 4 is 34.1 Å². The van der Waals surface area contributed by atoms with Crippen LogP contribution in [0.4, 0.5) is 4.39 Å². The summed E-state index contributed by atoms with van der Waals surface area (Å²) >= 11 is 5.87. The number of hydrogen-bond donors (Lipinski definition) is 2. The number of allylic oxidation sites excluding steroid dienone is 3. The second kappa shape index (κ2) is 14.1. The zero-order chi connectivity index (χ0) is 33.0. The molecule has 0 saturated carbocycles. The Morgan fingerprint density at radius 1 is 1.21 bits per heavy atom. The third-order valence-corrected chi connectivity index (χ3v) is 9.00. The normalized spacial score (nSPS) is 18.6. The third-order valence-electron chi connectivity index (χ3n) is 8.76. The van der Waals surface area contributed by atoms with Crippen LogP contribution in [-0.4, -0.2) is 51.1 Å². The first-order valence-electron chi connectivity index (χ1n) is 16.1. The summed E-state index contributed by atoms with van der Waals surface area (Å²) in [6.45, 7) is 5.73. The van der Waals surface area contributed by atoms with Gasteiger partial charge in [0.1, 0.15) is 18.2 Å². The third kappa shape index (κ3) is 7.21. The van der Waals surface area contributed by atoms with Crippen LogP contribution in [0.1, 0.15) is 47.2 Å². The number of rotatable bonds is 10. The van der Waals surface area contributed by atoms with Crippen molar-refractivity contribution in [3.05, 3.63) is 130 Å². The van der Waals surface area contributed by atoms with Crippen LogP contribution in [0.3, 0.4) is 0 Å². The highest BCUT2D eigenvalue weighted by Gasteiger charge is 2.24. The van der Waals surface area contributed by atoms with Gasteiger partial charge in [-0.2, -0.15) is 0 Å². The van der Waals surface area contributed by atoms with Gasteiger partial charge in [0.25, 0.3) is 5.91 Å². The summed E-state index contributed by atoms with van der Waals surface area (Å²) in [6, 6.07) is 15.9. The quantitative estimate of drug-likeness (QED) is 0.199. The molecule has 1 unspecified atom stereocenters. The van der Waals surface area contributed by atoms with Gasteiger partial charge in [-0.15, -0.1) is 0 Å². The summed E-state index contributed by atoms with van der Waals surface area (Å²) in [7, 11) is 0. The summed E-state index contributed by atoms with van der Waals surface area (Å²) in [4.78, 5) is 25.2. The van der Waals surface area contributed by atoms with Crippen LogP contribution in [0.5, 0.6) is 5.88 Å². The topological polar surface area (TPSA) is 93.5 Å². The van der Waals surface area contributed by atoms with Crippen molar-refractivity contribution in [2.24, 2.45) is 0 Å².